The van der Waals surface area contributed by atoms with Crippen molar-refractivity contribution in [2.24, 2.45) is 7.05 Å². The maximum Gasteiger partial charge on any atom is 0.384 e. The van der Waals surface area contributed by atoms with Crippen LogP contribution in [-0.2, 0) is 7.05 Å². The molecule has 3 heteroatoms. The lowest BCUT2D eigenvalue weighted by molar-refractivity contribution is -0.636. The zero-order valence-corrected chi connectivity index (χ0v) is 11.4. The first-order valence-corrected chi connectivity index (χ1v) is 6.62. The molecule has 0 aliphatic carbocycles. The van der Waals surface area contributed by atoms with E-state index in [9.17, 15) is 0 Å². The molecule has 0 radical (unpaired) electrons. The molecule has 0 aliphatic rings. The van der Waals surface area contributed by atoms with Crippen LogP contribution in [0.1, 0.15) is 5.56 Å². The Hall–Kier alpha value is -2.55. The Labute approximate surface area is 116 Å². The minimum Gasteiger partial charge on any atom is -0.420 e. The van der Waals surface area contributed by atoms with E-state index >= 15 is 0 Å². The van der Waals surface area contributed by atoms with Crippen molar-refractivity contribution in [3.8, 4) is 11.5 Å². The third kappa shape index (κ3) is 1.43. The van der Waals surface area contributed by atoms with Crippen molar-refractivity contribution in [1.82, 2.24) is 0 Å². The number of fused-ring (bicyclic) bond motifs is 3. The highest BCUT2D eigenvalue weighted by Crippen LogP contribution is 2.31. The average molecular weight is 264 g/mol. The second-order valence-electron chi connectivity index (χ2n) is 5.02. The number of para-hydroxylation sites is 1. The first kappa shape index (κ1) is 11.3. The van der Waals surface area contributed by atoms with Crippen LogP contribution >= 0.6 is 0 Å². The van der Waals surface area contributed by atoms with Crippen LogP contribution in [0.4, 0.5) is 0 Å². The van der Waals surface area contributed by atoms with Crippen molar-refractivity contribution in [3.05, 3.63) is 54.1 Å². The number of rotatable bonds is 1. The molecule has 3 nitrogen and oxygen atoms in total. The number of oxazole rings is 1. The SMILES string of the molecule is Cc1ccccc1-c1oc2oc3ccccc3c2[n+]1C. The maximum absolute atomic E-state index is 5.95. The molecule has 4 aromatic rings. The molecule has 20 heavy (non-hydrogen) atoms. The Bertz CT molecular complexity index is 931. The molecule has 0 N–H and O–H groups in total. The Morgan fingerprint density at radius 2 is 1.65 bits per heavy atom. The molecule has 2 aromatic heterocycles. The van der Waals surface area contributed by atoms with Crippen LogP contribution in [0.2, 0.25) is 0 Å². The highest BCUT2D eigenvalue weighted by atomic mass is 16.5. The molecule has 4 rings (SSSR count). The van der Waals surface area contributed by atoms with Gasteiger partial charge in [0.25, 0.3) is 0 Å². The van der Waals surface area contributed by atoms with Crippen LogP contribution in [0, 0.1) is 6.92 Å². The molecule has 0 spiro atoms. The van der Waals surface area contributed by atoms with Gasteiger partial charge in [0.15, 0.2) is 0 Å². The number of hydrogen-bond acceptors (Lipinski definition) is 2. The monoisotopic (exact) mass is 264 g/mol. The van der Waals surface area contributed by atoms with E-state index in [4.69, 9.17) is 8.83 Å². The first-order valence-electron chi connectivity index (χ1n) is 6.62. The topological polar surface area (TPSA) is 30.2 Å². The minimum absolute atomic E-state index is 0.576. The lowest BCUT2D eigenvalue weighted by Gasteiger charge is -1.97. The fourth-order valence-corrected chi connectivity index (χ4v) is 2.70. The van der Waals surface area contributed by atoms with E-state index in [0.29, 0.717) is 5.78 Å². The van der Waals surface area contributed by atoms with Gasteiger partial charge < -0.3 is 8.83 Å². The largest absolute Gasteiger partial charge is 0.420 e. The van der Waals surface area contributed by atoms with Gasteiger partial charge in [-0.3, -0.25) is 0 Å². The second-order valence-corrected chi connectivity index (χ2v) is 5.02. The number of aryl methyl sites for hydroxylation is 2. The molecular weight excluding hydrogens is 250 g/mol. The van der Waals surface area contributed by atoms with E-state index in [0.717, 1.165) is 27.9 Å². The van der Waals surface area contributed by atoms with Crippen molar-refractivity contribution in [2.75, 3.05) is 0 Å². The molecule has 0 amide bonds. The van der Waals surface area contributed by atoms with Gasteiger partial charge in [0, 0.05) is 0 Å². The van der Waals surface area contributed by atoms with Crippen molar-refractivity contribution in [1.29, 1.82) is 0 Å². The quantitative estimate of drug-likeness (QED) is 0.487. The number of nitrogens with zero attached hydrogens (tertiary/aromatic N) is 1. The van der Waals surface area contributed by atoms with Gasteiger partial charge in [-0.25, -0.2) is 0 Å². The maximum atomic E-state index is 5.95. The van der Waals surface area contributed by atoms with Crippen LogP contribution in [0.25, 0.3) is 33.7 Å². The summed E-state index contributed by atoms with van der Waals surface area (Å²) in [5.74, 6) is 1.40. The van der Waals surface area contributed by atoms with E-state index in [2.05, 4.69) is 29.7 Å². The van der Waals surface area contributed by atoms with Gasteiger partial charge in [0.1, 0.15) is 12.6 Å². The molecule has 0 aliphatic heterocycles. The second kappa shape index (κ2) is 3.97. The lowest BCUT2D eigenvalue weighted by Crippen LogP contribution is -2.28. The molecule has 2 aromatic carbocycles. The predicted molar refractivity (Wildman–Crippen MR) is 77.3 cm³/mol. The fourth-order valence-electron chi connectivity index (χ4n) is 2.70. The van der Waals surface area contributed by atoms with E-state index in [1.54, 1.807) is 0 Å². The predicted octanol–water partition coefficient (Wildman–Crippen LogP) is 3.98. The zero-order valence-electron chi connectivity index (χ0n) is 11.4. The van der Waals surface area contributed by atoms with Gasteiger partial charge in [-0.05, 0) is 30.7 Å². The number of hydrogen-bond donors (Lipinski definition) is 0. The van der Waals surface area contributed by atoms with Gasteiger partial charge in [0.2, 0.25) is 0 Å². The third-order valence-electron chi connectivity index (χ3n) is 3.74. The van der Waals surface area contributed by atoms with Crippen molar-refractivity contribution < 1.29 is 13.4 Å². The van der Waals surface area contributed by atoms with E-state index < -0.39 is 0 Å². The smallest absolute Gasteiger partial charge is 0.384 e. The summed E-state index contributed by atoms with van der Waals surface area (Å²) in [4.78, 5) is 0. The van der Waals surface area contributed by atoms with E-state index in [1.165, 1.54) is 5.56 Å². The van der Waals surface area contributed by atoms with E-state index in [-0.39, 0.29) is 0 Å². The average Bonchev–Trinajstić information content (AvgIpc) is 2.97. The molecule has 98 valence electrons. The van der Waals surface area contributed by atoms with Gasteiger partial charge in [-0.2, -0.15) is 4.57 Å². The summed E-state index contributed by atoms with van der Waals surface area (Å²) in [7, 11) is 2.01. The van der Waals surface area contributed by atoms with Crippen LogP contribution in [0.3, 0.4) is 0 Å². The molecule has 0 saturated heterocycles. The van der Waals surface area contributed by atoms with Gasteiger partial charge in [-0.15, -0.1) is 0 Å². The highest BCUT2D eigenvalue weighted by Gasteiger charge is 2.27. The Morgan fingerprint density at radius 3 is 2.50 bits per heavy atom. The van der Waals surface area contributed by atoms with E-state index in [1.807, 2.05) is 37.4 Å². The molecule has 0 unspecified atom stereocenters. The molecule has 0 saturated carbocycles. The molecule has 0 fully saturated rings. The summed E-state index contributed by atoms with van der Waals surface area (Å²) in [6, 6.07) is 16.2. The minimum atomic E-state index is 0.576. The molecule has 0 bridgehead atoms. The van der Waals surface area contributed by atoms with Crippen molar-refractivity contribution in [2.45, 2.75) is 6.92 Å². The summed E-state index contributed by atoms with van der Waals surface area (Å²) in [5.41, 5.74) is 4.13. The molecule has 0 atom stereocenters. The molecule has 2 heterocycles. The highest BCUT2D eigenvalue weighted by molar-refractivity contribution is 5.98. The number of aromatic nitrogens is 1. The standard InChI is InChI=1S/C17H14NO2/c1-11-7-3-4-8-12(11)16-18(2)15-13-9-5-6-10-14(13)19-17(15)20-16/h3-10H,1-2H3/q+1. The van der Waals surface area contributed by atoms with Gasteiger partial charge in [-0.1, -0.05) is 30.3 Å². The zero-order chi connectivity index (χ0) is 13.7. The van der Waals surface area contributed by atoms with Gasteiger partial charge >= 0.3 is 17.2 Å². The summed E-state index contributed by atoms with van der Waals surface area (Å²) in [6.45, 7) is 2.08. The summed E-state index contributed by atoms with van der Waals surface area (Å²) in [5, 5.41) is 1.08. The normalized spacial score (nSPS) is 11.5. The van der Waals surface area contributed by atoms with Crippen LogP contribution in [0.15, 0.2) is 57.4 Å². The first-order chi connectivity index (χ1) is 9.75. The van der Waals surface area contributed by atoms with Crippen LogP contribution < -0.4 is 4.57 Å². The third-order valence-corrected chi connectivity index (χ3v) is 3.74. The molecular formula is C17H14NO2+. The van der Waals surface area contributed by atoms with Gasteiger partial charge in [0.05, 0.1) is 10.9 Å². The summed E-state index contributed by atoms with van der Waals surface area (Å²) in [6.07, 6.45) is 0. The lowest BCUT2D eigenvalue weighted by atomic mass is 10.1. The summed E-state index contributed by atoms with van der Waals surface area (Å²) < 4.78 is 13.8. The van der Waals surface area contributed by atoms with Crippen LogP contribution in [0.5, 0.6) is 0 Å². The Balaban J connectivity index is 2.08. The Kier molecular flexibility index (Phi) is 2.24. The Morgan fingerprint density at radius 1 is 0.900 bits per heavy atom. The fraction of sp³-hybridized carbons (Fsp3) is 0.118. The van der Waals surface area contributed by atoms with Crippen LogP contribution in [-0.4, -0.2) is 0 Å². The number of benzene rings is 2. The van der Waals surface area contributed by atoms with Crippen molar-refractivity contribution in [3.63, 3.8) is 0 Å². The van der Waals surface area contributed by atoms with Crippen molar-refractivity contribution >= 4 is 22.3 Å². The summed E-state index contributed by atoms with van der Waals surface area (Å²) >= 11 is 0. The number of furan rings is 1.